The van der Waals surface area contributed by atoms with Crippen LogP contribution in [0.2, 0.25) is 0 Å². The molecular weight excluding hydrogens is 278 g/mol. The Hall–Kier alpha value is -1.22. The van der Waals surface area contributed by atoms with E-state index in [-0.39, 0.29) is 10.9 Å². The molecule has 7 nitrogen and oxygen atoms in total. The largest absolute Gasteiger partial charge is 0.308 e. The normalized spacial score (nSPS) is 13.8. The van der Waals surface area contributed by atoms with Crippen LogP contribution in [0.1, 0.15) is 13.8 Å². The van der Waals surface area contributed by atoms with Crippen LogP contribution in [0.25, 0.3) is 0 Å². The Labute approximate surface area is 120 Å². The Balaban J connectivity index is 3.11. The summed E-state index contributed by atoms with van der Waals surface area (Å²) in [6.07, 6.45) is 1.42. The van der Waals surface area contributed by atoms with Crippen LogP contribution in [0, 0.1) is 0 Å². The first-order valence-electron chi connectivity index (χ1n) is 6.42. The first-order chi connectivity index (χ1) is 9.32. The van der Waals surface area contributed by atoms with Crippen LogP contribution in [-0.2, 0) is 10.0 Å². The van der Waals surface area contributed by atoms with Crippen molar-refractivity contribution in [1.29, 1.82) is 0 Å². The fourth-order valence-electron chi connectivity index (χ4n) is 2.12. The summed E-state index contributed by atoms with van der Waals surface area (Å²) in [5.74, 6) is 5.59. The number of rotatable bonds is 7. The maximum atomic E-state index is 12.7. The van der Waals surface area contributed by atoms with E-state index in [0.29, 0.717) is 18.9 Å². The fourth-order valence-corrected chi connectivity index (χ4v) is 3.77. The second kappa shape index (κ2) is 6.98. The van der Waals surface area contributed by atoms with Crippen molar-refractivity contribution < 1.29 is 8.42 Å². The maximum Gasteiger partial charge on any atom is 0.243 e. The van der Waals surface area contributed by atoms with Crippen LogP contribution in [-0.4, -0.2) is 55.8 Å². The molecule has 0 spiro atoms. The number of anilines is 1. The van der Waals surface area contributed by atoms with Gasteiger partial charge in [-0.25, -0.2) is 19.2 Å². The molecule has 1 heterocycles. The number of hydrogen-bond acceptors (Lipinski definition) is 6. The molecule has 0 saturated heterocycles. The van der Waals surface area contributed by atoms with Gasteiger partial charge in [-0.3, -0.25) is 0 Å². The van der Waals surface area contributed by atoms with Crippen molar-refractivity contribution in [2.24, 2.45) is 5.84 Å². The van der Waals surface area contributed by atoms with E-state index in [1.807, 2.05) is 32.8 Å². The Morgan fingerprint density at radius 3 is 2.60 bits per heavy atom. The van der Waals surface area contributed by atoms with E-state index in [2.05, 4.69) is 10.4 Å². The summed E-state index contributed by atoms with van der Waals surface area (Å²) in [5.41, 5.74) is 2.36. The number of hydrazine groups is 1. The molecule has 0 radical (unpaired) electrons. The maximum absolute atomic E-state index is 12.7. The van der Waals surface area contributed by atoms with Gasteiger partial charge in [0.25, 0.3) is 0 Å². The van der Waals surface area contributed by atoms with Crippen LogP contribution in [0.3, 0.4) is 0 Å². The second-order valence-corrected chi connectivity index (χ2v) is 6.73. The van der Waals surface area contributed by atoms with Crippen molar-refractivity contribution in [2.75, 3.05) is 32.6 Å². The molecule has 0 aliphatic heterocycles. The first kappa shape index (κ1) is 16.8. The standard InChI is InChI=1S/C12H23N5O2S/c1-5-17(10(2)9-16(3)4)20(18,19)11-6-7-14-12(8-11)15-13/h6-8,10H,5,9,13H2,1-4H3,(H,14,15). The summed E-state index contributed by atoms with van der Waals surface area (Å²) < 4.78 is 26.8. The summed E-state index contributed by atoms with van der Waals surface area (Å²) in [4.78, 5) is 6.07. The number of aromatic nitrogens is 1. The summed E-state index contributed by atoms with van der Waals surface area (Å²) in [6.45, 7) is 4.78. The van der Waals surface area contributed by atoms with Gasteiger partial charge in [-0.1, -0.05) is 6.92 Å². The topological polar surface area (TPSA) is 91.6 Å². The Bertz CT molecular complexity index is 532. The molecule has 0 aromatic carbocycles. The van der Waals surface area contributed by atoms with Crippen LogP contribution in [0.15, 0.2) is 23.2 Å². The number of pyridine rings is 1. The molecule has 1 aromatic heterocycles. The second-order valence-electron chi connectivity index (χ2n) is 4.84. The van der Waals surface area contributed by atoms with E-state index in [1.165, 1.54) is 22.6 Å². The lowest BCUT2D eigenvalue weighted by atomic mass is 10.3. The smallest absolute Gasteiger partial charge is 0.243 e. The van der Waals surface area contributed by atoms with Gasteiger partial charge in [0.15, 0.2) is 0 Å². The minimum absolute atomic E-state index is 0.123. The molecule has 0 amide bonds. The van der Waals surface area contributed by atoms with Gasteiger partial charge in [0.1, 0.15) is 5.82 Å². The van der Waals surface area contributed by atoms with Gasteiger partial charge in [0.05, 0.1) is 4.90 Å². The van der Waals surface area contributed by atoms with Crippen LogP contribution < -0.4 is 11.3 Å². The zero-order chi connectivity index (χ0) is 15.3. The lowest BCUT2D eigenvalue weighted by Crippen LogP contribution is -2.43. The molecule has 0 saturated carbocycles. The molecule has 0 fully saturated rings. The third kappa shape index (κ3) is 3.89. The number of nitrogens with zero attached hydrogens (tertiary/aromatic N) is 3. The summed E-state index contributed by atoms with van der Waals surface area (Å²) in [6, 6.07) is 2.78. The molecule has 0 aliphatic carbocycles. The number of nitrogens with two attached hydrogens (primary N) is 1. The van der Waals surface area contributed by atoms with Gasteiger partial charge in [0, 0.05) is 31.4 Å². The van der Waals surface area contributed by atoms with Crippen molar-refractivity contribution in [3.05, 3.63) is 18.3 Å². The zero-order valence-corrected chi connectivity index (χ0v) is 13.2. The van der Waals surface area contributed by atoms with E-state index in [1.54, 1.807) is 0 Å². The van der Waals surface area contributed by atoms with Gasteiger partial charge in [-0.05, 0) is 27.1 Å². The molecule has 114 valence electrons. The highest BCUT2D eigenvalue weighted by Gasteiger charge is 2.28. The predicted molar refractivity (Wildman–Crippen MR) is 79.6 cm³/mol. The Morgan fingerprint density at radius 1 is 1.45 bits per heavy atom. The molecule has 1 atom stereocenters. The number of nitrogens with one attached hydrogen (secondary N) is 1. The minimum atomic E-state index is -3.56. The Kier molecular flexibility index (Phi) is 5.88. The SMILES string of the molecule is CCN(C(C)CN(C)C)S(=O)(=O)c1ccnc(NN)c1. The zero-order valence-electron chi connectivity index (χ0n) is 12.4. The number of hydrogen-bond donors (Lipinski definition) is 2. The fraction of sp³-hybridized carbons (Fsp3) is 0.583. The van der Waals surface area contributed by atoms with E-state index >= 15 is 0 Å². The molecule has 1 unspecified atom stereocenters. The van der Waals surface area contributed by atoms with Gasteiger partial charge < -0.3 is 10.3 Å². The van der Waals surface area contributed by atoms with Crippen LogP contribution in [0.5, 0.6) is 0 Å². The minimum Gasteiger partial charge on any atom is -0.308 e. The van der Waals surface area contributed by atoms with Gasteiger partial charge in [0.2, 0.25) is 10.0 Å². The van der Waals surface area contributed by atoms with E-state index in [0.717, 1.165) is 0 Å². The van der Waals surface area contributed by atoms with Crippen molar-refractivity contribution in [2.45, 2.75) is 24.8 Å². The van der Waals surface area contributed by atoms with Crippen LogP contribution in [0.4, 0.5) is 5.82 Å². The number of likely N-dealkylation sites (N-methyl/N-ethyl adjacent to an activating group) is 2. The summed E-state index contributed by atoms with van der Waals surface area (Å²) in [7, 11) is 0.276. The van der Waals surface area contributed by atoms with Crippen molar-refractivity contribution in [3.8, 4) is 0 Å². The Morgan fingerprint density at radius 2 is 2.10 bits per heavy atom. The third-order valence-corrected chi connectivity index (χ3v) is 5.00. The lowest BCUT2D eigenvalue weighted by Gasteiger charge is -2.29. The van der Waals surface area contributed by atoms with E-state index in [4.69, 9.17) is 5.84 Å². The molecule has 3 N–H and O–H groups in total. The highest BCUT2D eigenvalue weighted by Crippen LogP contribution is 2.19. The molecule has 20 heavy (non-hydrogen) atoms. The highest BCUT2D eigenvalue weighted by molar-refractivity contribution is 7.89. The van der Waals surface area contributed by atoms with E-state index < -0.39 is 10.0 Å². The average Bonchev–Trinajstić information content (AvgIpc) is 2.38. The first-order valence-corrected chi connectivity index (χ1v) is 7.86. The van der Waals surface area contributed by atoms with Gasteiger partial charge >= 0.3 is 0 Å². The predicted octanol–water partition coefficient (Wildman–Crippen LogP) is 0.328. The molecule has 0 aliphatic rings. The summed E-state index contributed by atoms with van der Waals surface area (Å²) in [5, 5.41) is 0. The van der Waals surface area contributed by atoms with Gasteiger partial charge in [-0.2, -0.15) is 4.31 Å². The molecule has 8 heteroatoms. The lowest BCUT2D eigenvalue weighted by molar-refractivity contribution is 0.271. The molecular formula is C12H23N5O2S. The molecule has 1 rings (SSSR count). The number of sulfonamides is 1. The van der Waals surface area contributed by atoms with Crippen molar-refractivity contribution in [1.82, 2.24) is 14.2 Å². The number of nitrogen functional groups attached to an aromatic ring is 1. The average molecular weight is 301 g/mol. The van der Waals surface area contributed by atoms with Gasteiger partial charge in [-0.15, -0.1) is 0 Å². The monoisotopic (exact) mass is 301 g/mol. The third-order valence-electron chi connectivity index (χ3n) is 2.92. The summed E-state index contributed by atoms with van der Waals surface area (Å²) >= 11 is 0. The highest BCUT2D eigenvalue weighted by atomic mass is 32.2. The molecule has 1 aromatic rings. The van der Waals surface area contributed by atoms with Crippen molar-refractivity contribution in [3.63, 3.8) is 0 Å². The van der Waals surface area contributed by atoms with E-state index in [9.17, 15) is 8.42 Å². The molecule has 0 bridgehead atoms. The quantitative estimate of drug-likeness (QED) is 0.557. The van der Waals surface area contributed by atoms with Crippen LogP contribution >= 0.6 is 0 Å². The van der Waals surface area contributed by atoms with Crippen molar-refractivity contribution >= 4 is 15.8 Å².